The molecule has 0 aliphatic carbocycles. The summed E-state index contributed by atoms with van der Waals surface area (Å²) in [7, 11) is 5.60. The first-order valence-electron chi connectivity index (χ1n) is 13.6. The maximum Gasteiger partial charge on any atom is 0.247 e. The lowest BCUT2D eigenvalue weighted by Crippen LogP contribution is -2.37. The Kier molecular flexibility index (Phi) is 8.74. The highest BCUT2D eigenvalue weighted by Crippen LogP contribution is 2.35. The number of benzene rings is 1. The van der Waals surface area contributed by atoms with Crippen molar-refractivity contribution in [2.24, 2.45) is 0 Å². The molecule has 4 aromatic rings. The van der Waals surface area contributed by atoms with E-state index in [1.807, 2.05) is 62.4 Å². The normalized spacial score (nSPS) is 13.2. The van der Waals surface area contributed by atoms with Gasteiger partial charge in [0.15, 0.2) is 11.6 Å². The Morgan fingerprint density at radius 3 is 2.60 bits per heavy atom. The third-order valence-corrected chi connectivity index (χ3v) is 6.65. The Bertz CT molecular complexity index is 1560. The third-order valence-electron chi connectivity index (χ3n) is 6.65. The van der Waals surface area contributed by atoms with E-state index in [2.05, 4.69) is 27.1 Å². The van der Waals surface area contributed by atoms with E-state index in [9.17, 15) is 4.79 Å². The second-order valence-electron chi connectivity index (χ2n) is 10.1. The average Bonchev–Trinajstić information content (AvgIpc) is 3.41. The summed E-state index contributed by atoms with van der Waals surface area (Å²) in [5.74, 6) is 1.52. The van der Waals surface area contributed by atoms with Crippen LogP contribution >= 0.6 is 0 Å². The van der Waals surface area contributed by atoms with Crippen molar-refractivity contribution in [2.75, 3.05) is 63.0 Å². The minimum absolute atomic E-state index is 0.321. The minimum Gasteiger partial charge on any atom is -0.479 e. The smallest absolute Gasteiger partial charge is 0.247 e. The Hall–Kier alpha value is -4.81. The van der Waals surface area contributed by atoms with Crippen LogP contribution < -0.4 is 20.3 Å². The molecule has 3 aromatic heterocycles. The zero-order valence-electron chi connectivity index (χ0n) is 24.3. The number of anilines is 4. The maximum atomic E-state index is 12.3. The molecule has 0 bridgehead atoms. The summed E-state index contributed by atoms with van der Waals surface area (Å²) >= 11 is 0. The van der Waals surface area contributed by atoms with Crippen molar-refractivity contribution in [3.8, 4) is 23.0 Å². The number of aromatic nitrogens is 5. The van der Waals surface area contributed by atoms with Crippen molar-refractivity contribution in [1.82, 2.24) is 29.6 Å². The number of pyridine rings is 1. The van der Waals surface area contributed by atoms with Crippen molar-refractivity contribution in [1.29, 1.82) is 0 Å². The molecule has 218 valence electrons. The van der Waals surface area contributed by atoms with E-state index in [1.54, 1.807) is 24.1 Å². The van der Waals surface area contributed by atoms with Gasteiger partial charge in [-0.15, -0.1) is 0 Å². The summed E-state index contributed by atoms with van der Waals surface area (Å²) in [5, 5.41) is 11.0. The highest BCUT2D eigenvalue weighted by Gasteiger charge is 2.22. The molecule has 1 fully saturated rings. The molecule has 1 saturated heterocycles. The van der Waals surface area contributed by atoms with Gasteiger partial charge in [-0.2, -0.15) is 15.1 Å². The second kappa shape index (κ2) is 12.8. The molecule has 1 aliphatic rings. The van der Waals surface area contributed by atoms with E-state index in [1.165, 1.54) is 6.08 Å². The molecule has 12 nitrogen and oxygen atoms in total. The first kappa shape index (κ1) is 28.7. The Morgan fingerprint density at radius 2 is 1.90 bits per heavy atom. The molecule has 0 radical (unpaired) electrons. The molecular weight excluding hydrogens is 534 g/mol. The fraction of sp³-hybridized carbons (Fsp3) is 0.300. The highest BCUT2D eigenvalue weighted by molar-refractivity contribution is 6.01. The number of ether oxygens (including phenoxy) is 2. The lowest BCUT2D eigenvalue weighted by atomic mass is 10.1. The molecule has 4 heterocycles. The van der Waals surface area contributed by atoms with Crippen LogP contribution in [-0.2, 0) is 16.1 Å². The zero-order chi connectivity index (χ0) is 29.6. The third kappa shape index (κ3) is 6.40. The minimum atomic E-state index is -0.349. The maximum absolute atomic E-state index is 12.3. The largest absolute Gasteiger partial charge is 0.479 e. The molecular formula is C30H35N9O3. The van der Waals surface area contributed by atoms with E-state index >= 15 is 0 Å². The Balaban J connectivity index is 1.52. The van der Waals surface area contributed by atoms with Crippen LogP contribution in [0.4, 0.5) is 23.1 Å². The van der Waals surface area contributed by atoms with Crippen LogP contribution in [0.1, 0.15) is 11.1 Å². The van der Waals surface area contributed by atoms with Crippen LogP contribution in [0.5, 0.6) is 5.88 Å². The fourth-order valence-corrected chi connectivity index (χ4v) is 4.68. The van der Waals surface area contributed by atoms with E-state index < -0.39 is 0 Å². The molecule has 0 saturated carbocycles. The molecule has 1 aliphatic heterocycles. The van der Waals surface area contributed by atoms with Gasteiger partial charge in [0.25, 0.3) is 0 Å². The van der Waals surface area contributed by atoms with Gasteiger partial charge in [-0.1, -0.05) is 36.9 Å². The van der Waals surface area contributed by atoms with Gasteiger partial charge in [0.1, 0.15) is 5.69 Å². The van der Waals surface area contributed by atoms with Gasteiger partial charge in [-0.05, 0) is 33.2 Å². The molecule has 2 N–H and O–H groups in total. The molecule has 1 aromatic carbocycles. The number of rotatable bonds is 10. The first-order chi connectivity index (χ1) is 20.4. The van der Waals surface area contributed by atoms with E-state index in [0.29, 0.717) is 61.1 Å². The van der Waals surface area contributed by atoms with Gasteiger partial charge in [-0.3, -0.25) is 4.79 Å². The lowest BCUT2D eigenvalue weighted by molar-refractivity contribution is -0.111. The number of aryl methyl sites for hydroxylation is 1. The summed E-state index contributed by atoms with van der Waals surface area (Å²) in [6, 6.07) is 11.9. The predicted molar refractivity (Wildman–Crippen MR) is 163 cm³/mol. The van der Waals surface area contributed by atoms with Gasteiger partial charge in [0.05, 0.1) is 31.7 Å². The highest BCUT2D eigenvalue weighted by atomic mass is 16.5. The fourth-order valence-electron chi connectivity index (χ4n) is 4.68. The lowest BCUT2D eigenvalue weighted by Gasteiger charge is -2.30. The second-order valence-corrected chi connectivity index (χ2v) is 10.1. The van der Waals surface area contributed by atoms with Gasteiger partial charge in [0, 0.05) is 48.7 Å². The van der Waals surface area contributed by atoms with Crippen molar-refractivity contribution in [2.45, 2.75) is 13.5 Å². The average molecular weight is 570 g/mol. The van der Waals surface area contributed by atoms with Gasteiger partial charge < -0.3 is 29.9 Å². The number of nitrogens with zero attached hydrogens (tertiary/aromatic N) is 7. The van der Waals surface area contributed by atoms with Gasteiger partial charge >= 0.3 is 0 Å². The Morgan fingerprint density at radius 1 is 1.14 bits per heavy atom. The molecule has 0 spiro atoms. The van der Waals surface area contributed by atoms with Crippen molar-refractivity contribution >= 4 is 29.0 Å². The van der Waals surface area contributed by atoms with E-state index in [-0.39, 0.29) is 5.91 Å². The number of morpholine rings is 1. The van der Waals surface area contributed by atoms with Crippen molar-refractivity contribution < 1.29 is 14.3 Å². The molecule has 42 heavy (non-hydrogen) atoms. The van der Waals surface area contributed by atoms with Gasteiger partial charge in [0.2, 0.25) is 17.7 Å². The number of methoxy groups -OCH3 is 1. The number of carbonyl (C=O) groups is 1. The zero-order valence-corrected chi connectivity index (χ0v) is 24.3. The number of hydrogen-bond donors (Lipinski definition) is 2. The van der Waals surface area contributed by atoms with Crippen LogP contribution in [0, 0.1) is 6.92 Å². The van der Waals surface area contributed by atoms with Crippen LogP contribution in [-0.4, -0.2) is 83.0 Å². The first-order valence-corrected chi connectivity index (χ1v) is 13.6. The summed E-state index contributed by atoms with van der Waals surface area (Å²) in [5.41, 5.74) is 4.84. The summed E-state index contributed by atoms with van der Waals surface area (Å²) in [4.78, 5) is 30.5. The Labute approximate surface area is 245 Å². The summed E-state index contributed by atoms with van der Waals surface area (Å²) in [6.45, 7) is 8.63. The van der Waals surface area contributed by atoms with Crippen LogP contribution in [0.15, 0.2) is 61.4 Å². The van der Waals surface area contributed by atoms with E-state index in [0.717, 1.165) is 28.9 Å². The predicted octanol–water partition coefficient (Wildman–Crippen LogP) is 3.81. The number of carbonyl (C=O) groups excluding carboxylic acids is 1. The monoisotopic (exact) mass is 569 g/mol. The number of amides is 1. The number of nitrogens with one attached hydrogen (secondary N) is 2. The van der Waals surface area contributed by atoms with Crippen LogP contribution in [0.3, 0.4) is 0 Å². The summed E-state index contributed by atoms with van der Waals surface area (Å²) in [6.07, 6.45) is 4.96. The van der Waals surface area contributed by atoms with Gasteiger partial charge in [-0.25, -0.2) is 9.67 Å². The van der Waals surface area contributed by atoms with Crippen LogP contribution in [0.25, 0.3) is 17.1 Å². The van der Waals surface area contributed by atoms with E-state index in [4.69, 9.17) is 24.5 Å². The van der Waals surface area contributed by atoms with Crippen LogP contribution in [0.2, 0.25) is 0 Å². The quantitative estimate of drug-likeness (QED) is 0.273. The standard InChI is InChI=1S/C30H35N9O3/c1-6-25(40)32-23-16-24(29(41-5)34-28(23)38-12-14-42-15-13-38)33-30-31-17-20(2)27(35-30)39-19-22(18-37(3)4)26(36-39)21-10-8-7-9-11-21/h6-11,16-17,19H,1,12-15,18H2,2-5H3,(H,32,40)(H,31,33,35). The van der Waals surface area contributed by atoms with Crippen molar-refractivity contribution in [3.05, 3.63) is 72.6 Å². The molecule has 0 atom stereocenters. The SMILES string of the molecule is C=CC(=O)Nc1cc(Nc2ncc(C)c(-n3cc(CN(C)C)c(-c4ccccc4)n3)n2)c(OC)nc1N1CCOCC1. The molecule has 0 unspecified atom stereocenters. The topological polar surface area (TPSA) is 123 Å². The summed E-state index contributed by atoms with van der Waals surface area (Å²) < 4.78 is 12.9. The molecule has 12 heteroatoms. The molecule has 5 rings (SSSR count). The van der Waals surface area contributed by atoms with Crippen molar-refractivity contribution in [3.63, 3.8) is 0 Å². The number of hydrogen-bond acceptors (Lipinski definition) is 10. The molecule has 1 amide bonds.